The largest absolute Gasteiger partial charge is 0.293 e. The minimum atomic E-state index is -1.08. The molecule has 1 aromatic heterocycles. The van der Waals surface area contributed by atoms with Crippen LogP contribution in [-0.2, 0) is 0 Å². The van der Waals surface area contributed by atoms with Crippen molar-refractivity contribution < 1.29 is 14.5 Å². The molecule has 0 fully saturated rings. The zero-order valence-corrected chi connectivity index (χ0v) is 10.1. The summed E-state index contributed by atoms with van der Waals surface area (Å²) in [5.74, 6) is -2.07. The van der Waals surface area contributed by atoms with E-state index in [1.807, 2.05) is 0 Å². The maximum absolute atomic E-state index is 12.4. The number of nitrogens with zero attached hydrogens (tertiary/aromatic N) is 2. The predicted octanol–water partition coefficient (Wildman–Crippen LogP) is 2.15. The molecule has 0 bridgehead atoms. The molecule has 0 saturated heterocycles. The van der Waals surface area contributed by atoms with Gasteiger partial charge in [-0.1, -0.05) is 18.2 Å². The van der Waals surface area contributed by atoms with E-state index >= 15 is 0 Å². The number of benzene rings is 1. The molecule has 0 radical (unpaired) electrons. The molecule has 2 aromatic rings. The Hall–Kier alpha value is -2.89. The average molecular weight is 268 g/mol. The molecule has 98 valence electrons. The van der Waals surface area contributed by atoms with Crippen LogP contribution in [-0.4, -0.2) is 21.5 Å². The van der Waals surface area contributed by atoms with E-state index < -0.39 is 22.4 Å². The fourth-order valence-corrected chi connectivity index (χ4v) is 2.39. The molecule has 0 amide bonds. The summed E-state index contributed by atoms with van der Waals surface area (Å²) in [7, 11) is 0. The molecule has 0 saturated carbocycles. The summed E-state index contributed by atoms with van der Waals surface area (Å²) in [6.07, 6.45) is 1.48. The van der Waals surface area contributed by atoms with Gasteiger partial charge in [0.25, 0.3) is 5.69 Å². The lowest BCUT2D eigenvalue weighted by Gasteiger charge is -2.04. The highest BCUT2D eigenvalue weighted by molar-refractivity contribution is 6.31. The van der Waals surface area contributed by atoms with Crippen LogP contribution >= 0.6 is 0 Å². The van der Waals surface area contributed by atoms with Gasteiger partial charge < -0.3 is 0 Å². The van der Waals surface area contributed by atoms with Crippen LogP contribution in [0.15, 0.2) is 42.6 Å². The second kappa shape index (κ2) is 4.34. The number of nitro groups is 1. The fourth-order valence-electron chi connectivity index (χ4n) is 2.39. The van der Waals surface area contributed by atoms with Gasteiger partial charge in [0, 0.05) is 17.8 Å². The molecular formula is C14H8N2O4. The van der Waals surface area contributed by atoms with Gasteiger partial charge in [0.2, 0.25) is 0 Å². The number of nitro benzene ring substituents is 1. The van der Waals surface area contributed by atoms with Gasteiger partial charge in [-0.05, 0) is 12.1 Å². The minimum Gasteiger partial charge on any atom is -0.293 e. The van der Waals surface area contributed by atoms with E-state index in [1.165, 1.54) is 24.4 Å². The Morgan fingerprint density at radius 1 is 1.05 bits per heavy atom. The van der Waals surface area contributed by atoms with E-state index in [0.717, 1.165) is 0 Å². The number of hydrogen-bond acceptors (Lipinski definition) is 5. The number of carbonyl (C=O) groups is 2. The predicted molar refractivity (Wildman–Crippen MR) is 68.7 cm³/mol. The number of Topliss-reactive ketones (excluding diaryl/α,β-unsaturated/α-hetero) is 2. The first kappa shape index (κ1) is 12.2. The van der Waals surface area contributed by atoms with Crippen LogP contribution in [0.3, 0.4) is 0 Å². The van der Waals surface area contributed by atoms with Crippen molar-refractivity contribution >= 4 is 17.3 Å². The lowest BCUT2D eigenvalue weighted by Crippen LogP contribution is -2.14. The topological polar surface area (TPSA) is 90.2 Å². The van der Waals surface area contributed by atoms with E-state index in [4.69, 9.17) is 0 Å². The van der Waals surface area contributed by atoms with Gasteiger partial charge in [-0.25, -0.2) is 0 Å². The lowest BCUT2D eigenvalue weighted by atomic mass is 9.99. The van der Waals surface area contributed by atoms with Crippen LogP contribution in [0.25, 0.3) is 0 Å². The number of ketones is 2. The Morgan fingerprint density at radius 3 is 2.50 bits per heavy atom. The van der Waals surface area contributed by atoms with Crippen LogP contribution < -0.4 is 0 Å². The number of rotatable bonds is 2. The maximum Gasteiger partial charge on any atom is 0.280 e. The maximum atomic E-state index is 12.4. The van der Waals surface area contributed by atoms with Gasteiger partial charge in [0.1, 0.15) is 11.5 Å². The van der Waals surface area contributed by atoms with Crippen LogP contribution in [0.4, 0.5) is 5.69 Å². The van der Waals surface area contributed by atoms with Gasteiger partial charge in [0.05, 0.1) is 10.6 Å². The molecule has 1 heterocycles. The van der Waals surface area contributed by atoms with Crippen LogP contribution in [0.2, 0.25) is 0 Å². The average Bonchev–Trinajstić information content (AvgIpc) is 2.72. The molecule has 1 aromatic carbocycles. The van der Waals surface area contributed by atoms with Crippen molar-refractivity contribution in [3.05, 3.63) is 69.5 Å². The van der Waals surface area contributed by atoms with Gasteiger partial charge in [-0.15, -0.1) is 0 Å². The van der Waals surface area contributed by atoms with E-state index in [9.17, 15) is 19.7 Å². The molecule has 0 spiro atoms. The second-order valence-electron chi connectivity index (χ2n) is 4.37. The minimum absolute atomic E-state index is 0.0971. The number of pyridine rings is 1. The quantitative estimate of drug-likeness (QED) is 0.473. The Bertz CT molecular complexity index is 740. The van der Waals surface area contributed by atoms with Crippen molar-refractivity contribution in [1.29, 1.82) is 0 Å². The molecule has 1 atom stereocenters. The molecule has 6 nitrogen and oxygen atoms in total. The Kier molecular flexibility index (Phi) is 2.64. The first-order valence-electron chi connectivity index (χ1n) is 5.88. The third-order valence-corrected chi connectivity index (χ3v) is 3.26. The molecule has 1 unspecified atom stereocenters. The Balaban J connectivity index is 2.18. The smallest absolute Gasteiger partial charge is 0.280 e. The number of fused-ring (bicyclic) bond motifs is 1. The number of hydrogen-bond donors (Lipinski definition) is 0. The highest BCUT2D eigenvalue weighted by Gasteiger charge is 2.44. The highest BCUT2D eigenvalue weighted by Crippen LogP contribution is 2.37. The van der Waals surface area contributed by atoms with Crippen molar-refractivity contribution in [2.75, 3.05) is 0 Å². The zero-order chi connectivity index (χ0) is 14.3. The third kappa shape index (κ3) is 1.62. The molecule has 20 heavy (non-hydrogen) atoms. The summed E-state index contributed by atoms with van der Waals surface area (Å²) < 4.78 is 0. The lowest BCUT2D eigenvalue weighted by molar-refractivity contribution is -0.385. The van der Waals surface area contributed by atoms with Crippen molar-refractivity contribution in [3.63, 3.8) is 0 Å². The van der Waals surface area contributed by atoms with E-state index in [0.29, 0.717) is 5.69 Å². The standard InChI is InChI=1S/C14H8N2O4/c17-13-8-4-3-6-10(16(19)20)11(8)14(18)12(13)9-5-1-2-7-15-9/h1-7,12H. The summed E-state index contributed by atoms with van der Waals surface area (Å²) in [5, 5.41) is 11.0. The summed E-state index contributed by atoms with van der Waals surface area (Å²) in [6.45, 7) is 0. The highest BCUT2D eigenvalue weighted by atomic mass is 16.6. The third-order valence-electron chi connectivity index (χ3n) is 3.26. The number of aromatic nitrogens is 1. The van der Waals surface area contributed by atoms with Crippen molar-refractivity contribution in [1.82, 2.24) is 4.98 Å². The molecular weight excluding hydrogens is 260 g/mol. The SMILES string of the molecule is O=C1c2cccc([N+](=O)[O-])c2C(=O)C1c1ccccn1. The number of carbonyl (C=O) groups excluding carboxylic acids is 2. The first-order valence-corrected chi connectivity index (χ1v) is 5.88. The van der Waals surface area contributed by atoms with Crippen LogP contribution in [0, 0.1) is 10.1 Å². The molecule has 3 rings (SSSR count). The van der Waals surface area contributed by atoms with Crippen molar-refractivity contribution in [2.24, 2.45) is 0 Å². The van der Waals surface area contributed by atoms with Crippen LogP contribution in [0.1, 0.15) is 32.3 Å². The molecule has 6 heteroatoms. The van der Waals surface area contributed by atoms with E-state index in [2.05, 4.69) is 4.98 Å². The summed E-state index contributed by atoms with van der Waals surface area (Å²) in [4.78, 5) is 39.0. The summed E-state index contributed by atoms with van der Waals surface area (Å²) in [6, 6.07) is 8.97. The van der Waals surface area contributed by atoms with Crippen molar-refractivity contribution in [3.8, 4) is 0 Å². The molecule has 1 aliphatic carbocycles. The zero-order valence-electron chi connectivity index (χ0n) is 10.1. The van der Waals surface area contributed by atoms with E-state index in [-0.39, 0.29) is 16.8 Å². The fraction of sp³-hybridized carbons (Fsp3) is 0.0714. The van der Waals surface area contributed by atoms with Crippen molar-refractivity contribution in [2.45, 2.75) is 5.92 Å². The Labute approximate surface area is 113 Å². The second-order valence-corrected chi connectivity index (χ2v) is 4.37. The summed E-state index contributed by atoms with van der Waals surface area (Å²) >= 11 is 0. The van der Waals surface area contributed by atoms with Gasteiger partial charge in [0.15, 0.2) is 11.6 Å². The first-order chi connectivity index (χ1) is 9.61. The molecule has 0 aliphatic heterocycles. The Morgan fingerprint density at radius 2 is 1.85 bits per heavy atom. The normalized spacial score (nSPS) is 17.1. The van der Waals surface area contributed by atoms with Gasteiger partial charge in [-0.2, -0.15) is 0 Å². The van der Waals surface area contributed by atoms with Crippen LogP contribution in [0.5, 0.6) is 0 Å². The van der Waals surface area contributed by atoms with Gasteiger partial charge >= 0.3 is 0 Å². The molecule has 0 N–H and O–H groups in total. The van der Waals surface area contributed by atoms with Gasteiger partial charge in [-0.3, -0.25) is 24.7 Å². The monoisotopic (exact) mass is 268 g/mol. The van der Waals surface area contributed by atoms with E-state index in [1.54, 1.807) is 18.2 Å². The molecule has 1 aliphatic rings. The summed E-state index contributed by atoms with van der Waals surface area (Å²) in [5.41, 5.74) is -0.0368.